The molecule has 98 valence electrons. The number of amides is 1. The topological polar surface area (TPSA) is 32.3 Å². The first kappa shape index (κ1) is 13.0. The van der Waals surface area contributed by atoms with Crippen molar-refractivity contribution in [2.24, 2.45) is 0 Å². The van der Waals surface area contributed by atoms with Crippen LogP contribution >= 0.6 is 0 Å². The van der Waals surface area contributed by atoms with Gasteiger partial charge in [-0.05, 0) is 19.1 Å². The van der Waals surface area contributed by atoms with Gasteiger partial charge in [0.1, 0.15) is 0 Å². The second-order valence-electron chi connectivity index (χ2n) is 4.53. The zero-order valence-corrected chi connectivity index (χ0v) is 10.2. The van der Waals surface area contributed by atoms with Crippen molar-refractivity contribution in [3.05, 3.63) is 35.4 Å². The van der Waals surface area contributed by atoms with Crippen molar-refractivity contribution in [2.45, 2.75) is 19.4 Å². The van der Waals surface area contributed by atoms with Crippen molar-refractivity contribution < 1.29 is 13.6 Å². The fourth-order valence-corrected chi connectivity index (χ4v) is 2.11. The van der Waals surface area contributed by atoms with Crippen LogP contribution in [0.5, 0.6) is 0 Å². The lowest BCUT2D eigenvalue weighted by Crippen LogP contribution is -2.51. The molecule has 5 heteroatoms. The molecule has 0 spiro atoms. The van der Waals surface area contributed by atoms with E-state index in [1.54, 1.807) is 11.0 Å². The molecule has 1 saturated heterocycles. The van der Waals surface area contributed by atoms with E-state index in [0.717, 1.165) is 6.54 Å². The van der Waals surface area contributed by atoms with E-state index in [1.165, 1.54) is 18.2 Å². The first-order valence-electron chi connectivity index (χ1n) is 5.98. The number of benzene rings is 1. The van der Waals surface area contributed by atoms with E-state index in [1.807, 2.05) is 6.92 Å². The summed E-state index contributed by atoms with van der Waals surface area (Å²) in [5.41, 5.74) is 0.228. The highest BCUT2D eigenvalue weighted by Crippen LogP contribution is 2.20. The third-order valence-corrected chi connectivity index (χ3v) is 3.04. The Kier molecular flexibility index (Phi) is 3.91. The molecule has 1 aromatic carbocycles. The second kappa shape index (κ2) is 5.44. The lowest BCUT2D eigenvalue weighted by atomic mass is 10.1. The average molecular weight is 254 g/mol. The fourth-order valence-electron chi connectivity index (χ4n) is 2.11. The van der Waals surface area contributed by atoms with Gasteiger partial charge in [-0.2, -0.15) is 0 Å². The number of alkyl halides is 2. The molecule has 0 bridgehead atoms. The van der Waals surface area contributed by atoms with Crippen molar-refractivity contribution >= 4 is 5.91 Å². The number of piperazine rings is 1. The van der Waals surface area contributed by atoms with E-state index in [-0.39, 0.29) is 17.5 Å². The molecule has 1 heterocycles. The van der Waals surface area contributed by atoms with Crippen molar-refractivity contribution in [1.82, 2.24) is 10.2 Å². The van der Waals surface area contributed by atoms with Gasteiger partial charge in [-0.15, -0.1) is 0 Å². The van der Waals surface area contributed by atoms with Gasteiger partial charge in [0.15, 0.2) is 0 Å². The van der Waals surface area contributed by atoms with Gasteiger partial charge >= 0.3 is 0 Å². The van der Waals surface area contributed by atoms with Gasteiger partial charge in [-0.3, -0.25) is 4.79 Å². The Morgan fingerprint density at radius 2 is 2.28 bits per heavy atom. The summed E-state index contributed by atoms with van der Waals surface area (Å²) in [5.74, 6) is -0.175. The Hall–Kier alpha value is -1.49. The van der Waals surface area contributed by atoms with Crippen molar-refractivity contribution in [2.75, 3.05) is 19.6 Å². The summed E-state index contributed by atoms with van der Waals surface area (Å²) >= 11 is 0. The lowest BCUT2D eigenvalue weighted by Gasteiger charge is -2.32. The molecule has 0 aliphatic carbocycles. The third kappa shape index (κ3) is 2.85. The smallest absolute Gasteiger partial charge is 0.263 e. The van der Waals surface area contributed by atoms with E-state index in [4.69, 9.17) is 0 Å². The number of hydrogen-bond acceptors (Lipinski definition) is 2. The molecule has 1 aliphatic rings. The Balaban J connectivity index is 2.15. The maximum absolute atomic E-state index is 12.6. The van der Waals surface area contributed by atoms with Gasteiger partial charge < -0.3 is 10.2 Å². The molecule has 1 N–H and O–H groups in total. The molecule has 0 saturated carbocycles. The molecule has 18 heavy (non-hydrogen) atoms. The van der Waals surface area contributed by atoms with E-state index in [0.29, 0.717) is 18.7 Å². The van der Waals surface area contributed by atoms with Gasteiger partial charge in [-0.1, -0.05) is 12.1 Å². The number of carbonyl (C=O) groups excluding carboxylic acids is 1. The van der Waals surface area contributed by atoms with Crippen LogP contribution in [0, 0.1) is 0 Å². The van der Waals surface area contributed by atoms with Crippen LogP contribution in [0.4, 0.5) is 8.78 Å². The number of halogens is 2. The molecule has 1 aliphatic heterocycles. The van der Waals surface area contributed by atoms with Crippen LogP contribution in [0.2, 0.25) is 0 Å². The van der Waals surface area contributed by atoms with E-state index < -0.39 is 6.43 Å². The molecule has 0 aromatic heterocycles. The van der Waals surface area contributed by atoms with Crippen LogP contribution in [-0.4, -0.2) is 36.5 Å². The maximum Gasteiger partial charge on any atom is 0.263 e. The predicted octanol–water partition coefficient (Wildman–Crippen LogP) is 2.06. The molecular formula is C13H16F2N2O. The fraction of sp³-hybridized carbons (Fsp3) is 0.462. The van der Waals surface area contributed by atoms with Crippen LogP contribution in [-0.2, 0) is 0 Å². The van der Waals surface area contributed by atoms with Gasteiger partial charge in [0, 0.05) is 36.8 Å². The summed E-state index contributed by atoms with van der Waals surface area (Å²) in [7, 11) is 0. The second-order valence-corrected chi connectivity index (χ2v) is 4.53. The molecule has 3 nitrogen and oxygen atoms in total. The summed E-state index contributed by atoms with van der Waals surface area (Å²) in [4.78, 5) is 13.9. The first-order valence-corrected chi connectivity index (χ1v) is 5.98. The molecule has 1 amide bonds. The molecule has 0 unspecified atom stereocenters. The number of nitrogens with zero attached hydrogens (tertiary/aromatic N) is 1. The summed E-state index contributed by atoms with van der Waals surface area (Å²) in [6.45, 7) is 3.95. The Labute approximate surface area is 105 Å². The van der Waals surface area contributed by atoms with Crippen molar-refractivity contribution in [3.8, 4) is 0 Å². The van der Waals surface area contributed by atoms with Crippen LogP contribution in [0.25, 0.3) is 0 Å². The molecule has 1 atom stereocenters. The first-order chi connectivity index (χ1) is 8.58. The zero-order valence-electron chi connectivity index (χ0n) is 10.2. The SMILES string of the molecule is C[C@H]1CN(C(=O)c2cccc(C(F)F)c2)CCN1. The normalized spacial score (nSPS) is 20.2. The maximum atomic E-state index is 12.6. The zero-order chi connectivity index (χ0) is 13.1. The largest absolute Gasteiger partial charge is 0.336 e. The minimum Gasteiger partial charge on any atom is -0.336 e. The highest BCUT2D eigenvalue weighted by Gasteiger charge is 2.22. The average Bonchev–Trinajstić information content (AvgIpc) is 2.38. The van der Waals surface area contributed by atoms with Crippen LogP contribution in [0.3, 0.4) is 0 Å². The molecular weight excluding hydrogens is 238 g/mol. The van der Waals surface area contributed by atoms with Crippen molar-refractivity contribution in [1.29, 1.82) is 0 Å². The number of rotatable bonds is 2. The quantitative estimate of drug-likeness (QED) is 0.876. The van der Waals surface area contributed by atoms with Gasteiger partial charge in [0.2, 0.25) is 0 Å². The van der Waals surface area contributed by atoms with E-state index in [2.05, 4.69) is 5.32 Å². The number of hydrogen-bond donors (Lipinski definition) is 1. The van der Waals surface area contributed by atoms with Crippen LogP contribution in [0.15, 0.2) is 24.3 Å². The van der Waals surface area contributed by atoms with Crippen LogP contribution < -0.4 is 5.32 Å². The third-order valence-electron chi connectivity index (χ3n) is 3.04. The molecule has 2 rings (SSSR count). The van der Waals surface area contributed by atoms with Gasteiger partial charge in [0.05, 0.1) is 0 Å². The molecule has 1 aromatic rings. The van der Waals surface area contributed by atoms with Crippen molar-refractivity contribution in [3.63, 3.8) is 0 Å². The summed E-state index contributed by atoms with van der Waals surface area (Å²) in [5, 5.41) is 3.23. The molecule has 0 radical (unpaired) electrons. The summed E-state index contributed by atoms with van der Waals surface area (Å²) in [6.07, 6.45) is -2.54. The standard InChI is InChI=1S/C13H16F2N2O/c1-9-8-17(6-5-16-9)13(18)11-4-2-3-10(7-11)12(14)15/h2-4,7,9,12,16H,5-6,8H2,1H3/t9-/m0/s1. The van der Waals surface area contributed by atoms with Gasteiger partial charge in [0.25, 0.3) is 12.3 Å². The Bertz CT molecular complexity index is 437. The van der Waals surface area contributed by atoms with Crippen LogP contribution in [0.1, 0.15) is 29.3 Å². The predicted molar refractivity (Wildman–Crippen MR) is 64.8 cm³/mol. The van der Waals surface area contributed by atoms with E-state index >= 15 is 0 Å². The van der Waals surface area contributed by atoms with E-state index in [9.17, 15) is 13.6 Å². The highest BCUT2D eigenvalue weighted by atomic mass is 19.3. The lowest BCUT2D eigenvalue weighted by molar-refractivity contribution is 0.0708. The highest BCUT2D eigenvalue weighted by molar-refractivity contribution is 5.94. The van der Waals surface area contributed by atoms with Gasteiger partial charge in [-0.25, -0.2) is 8.78 Å². The Morgan fingerprint density at radius 1 is 1.50 bits per heavy atom. The summed E-state index contributed by atoms with van der Waals surface area (Å²) < 4.78 is 25.2. The summed E-state index contributed by atoms with van der Waals surface area (Å²) in [6, 6.07) is 5.93. The number of nitrogens with one attached hydrogen (secondary N) is 1. The molecule has 1 fully saturated rings. The minimum absolute atomic E-state index is 0.107. The Morgan fingerprint density at radius 3 is 2.94 bits per heavy atom. The monoisotopic (exact) mass is 254 g/mol. The number of carbonyl (C=O) groups is 1. The minimum atomic E-state index is -2.54.